The largest absolute Gasteiger partial charge is 0.488 e. The second kappa shape index (κ2) is 8.85. The van der Waals surface area contributed by atoms with E-state index >= 15 is 0 Å². The topological polar surface area (TPSA) is 59.0 Å². The molecule has 1 saturated heterocycles. The number of ether oxygens (including phenoxy) is 2. The van der Waals surface area contributed by atoms with Crippen molar-refractivity contribution in [2.24, 2.45) is 5.41 Å². The molecule has 1 N–H and O–H groups in total. The zero-order chi connectivity index (χ0) is 22.0. The molecule has 0 aliphatic carbocycles. The molecule has 0 saturated carbocycles. The number of aliphatic hydroxyl groups excluding tert-OH is 1. The maximum absolute atomic E-state index is 12.1. The average molecular weight is 422 g/mol. The normalized spacial score (nSPS) is 16.8. The van der Waals surface area contributed by atoms with Gasteiger partial charge in [-0.05, 0) is 61.1 Å². The van der Waals surface area contributed by atoms with Crippen LogP contribution < -0.4 is 4.74 Å². The zero-order valence-corrected chi connectivity index (χ0v) is 18.6. The highest BCUT2D eigenvalue weighted by molar-refractivity contribution is 5.87. The fourth-order valence-corrected chi connectivity index (χ4v) is 4.70. The molecule has 2 aliphatic heterocycles. The number of likely N-dealkylation sites (tertiary alicyclic amines) is 1. The number of aliphatic hydroxyl groups is 1. The fraction of sp³-hybridized carbons (Fsp3) is 0.423. The molecular weight excluding hydrogens is 390 g/mol. The van der Waals surface area contributed by atoms with Crippen LogP contribution in [0.3, 0.4) is 0 Å². The zero-order valence-electron chi connectivity index (χ0n) is 18.6. The summed E-state index contributed by atoms with van der Waals surface area (Å²) in [6.07, 6.45) is 1.87. The van der Waals surface area contributed by atoms with Gasteiger partial charge in [-0.15, -0.1) is 0 Å². The number of carbonyl (C=O) groups excluding carboxylic acids is 1. The van der Waals surface area contributed by atoms with Crippen LogP contribution in [0.1, 0.15) is 48.9 Å². The van der Waals surface area contributed by atoms with Crippen LogP contribution in [0, 0.1) is 5.41 Å². The van der Waals surface area contributed by atoms with Crippen LogP contribution >= 0.6 is 0 Å². The molecule has 2 aliphatic rings. The highest BCUT2D eigenvalue weighted by atomic mass is 16.5. The molecule has 5 nitrogen and oxygen atoms in total. The Morgan fingerprint density at radius 1 is 1.13 bits per heavy atom. The standard InChI is InChI=1S/C26H31NO4/c1-26(2,25(29)30-3)17-27-12-10-19(11-13-27)24-21-7-5-4-6-20(21)16-31-23-9-8-18(15-28)14-22(23)24/h4-9,14,28H,10-13,15-17H2,1-3H3. The number of methoxy groups -OCH3 is 1. The van der Waals surface area contributed by atoms with Crippen molar-refractivity contribution in [3.8, 4) is 5.75 Å². The van der Waals surface area contributed by atoms with Gasteiger partial charge in [0.05, 0.1) is 19.1 Å². The Balaban J connectivity index is 1.68. The summed E-state index contributed by atoms with van der Waals surface area (Å²) < 4.78 is 11.1. The van der Waals surface area contributed by atoms with Gasteiger partial charge >= 0.3 is 5.97 Å². The van der Waals surface area contributed by atoms with Gasteiger partial charge in [-0.2, -0.15) is 0 Å². The molecule has 0 bridgehead atoms. The van der Waals surface area contributed by atoms with Gasteiger partial charge in [0.25, 0.3) is 0 Å². The van der Waals surface area contributed by atoms with Crippen molar-refractivity contribution < 1.29 is 19.4 Å². The Hall–Kier alpha value is -2.63. The Morgan fingerprint density at radius 2 is 1.87 bits per heavy atom. The van der Waals surface area contributed by atoms with E-state index in [9.17, 15) is 9.90 Å². The van der Waals surface area contributed by atoms with E-state index in [1.54, 1.807) is 0 Å². The summed E-state index contributed by atoms with van der Waals surface area (Å²) in [5, 5.41) is 9.71. The minimum Gasteiger partial charge on any atom is -0.488 e. The van der Waals surface area contributed by atoms with Gasteiger partial charge in [-0.3, -0.25) is 4.79 Å². The summed E-state index contributed by atoms with van der Waals surface area (Å²) in [7, 11) is 1.45. The average Bonchev–Trinajstić information content (AvgIpc) is 2.95. The van der Waals surface area contributed by atoms with Gasteiger partial charge in [0.2, 0.25) is 0 Å². The van der Waals surface area contributed by atoms with Crippen LogP contribution in [0.5, 0.6) is 5.75 Å². The van der Waals surface area contributed by atoms with Crippen LogP contribution in [-0.4, -0.2) is 42.7 Å². The van der Waals surface area contributed by atoms with E-state index in [0.29, 0.717) is 13.2 Å². The molecule has 1 fully saturated rings. The van der Waals surface area contributed by atoms with E-state index in [0.717, 1.165) is 42.8 Å². The van der Waals surface area contributed by atoms with Crippen molar-refractivity contribution in [3.63, 3.8) is 0 Å². The molecule has 0 aromatic heterocycles. The highest BCUT2D eigenvalue weighted by Gasteiger charge is 2.33. The van der Waals surface area contributed by atoms with E-state index in [1.165, 1.54) is 29.4 Å². The van der Waals surface area contributed by atoms with Crippen molar-refractivity contribution in [1.29, 1.82) is 0 Å². The smallest absolute Gasteiger partial charge is 0.312 e. The number of carbonyl (C=O) groups is 1. The Bertz CT molecular complexity index is 998. The first-order valence-corrected chi connectivity index (χ1v) is 10.9. The van der Waals surface area contributed by atoms with Crippen LogP contribution in [0.2, 0.25) is 0 Å². The lowest BCUT2D eigenvalue weighted by Gasteiger charge is -2.35. The molecule has 5 heteroatoms. The number of hydrogen-bond donors (Lipinski definition) is 1. The minimum absolute atomic E-state index is 0.00787. The molecule has 2 aromatic rings. The van der Waals surface area contributed by atoms with Gasteiger partial charge in [0.15, 0.2) is 0 Å². The maximum Gasteiger partial charge on any atom is 0.312 e. The first kappa shape index (κ1) is 21.6. The van der Waals surface area contributed by atoms with E-state index in [1.807, 2.05) is 26.0 Å². The maximum atomic E-state index is 12.1. The molecule has 4 rings (SSSR count). The van der Waals surface area contributed by atoms with Crippen molar-refractivity contribution >= 4 is 11.5 Å². The first-order chi connectivity index (χ1) is 14.9. The number of benzene rings is 2. The molecule has 2 aromatic carbocycles. The third kappa shape index (κ3) is 4.39. The molecule has 31 heavy (non-hydrogen) atoms. The predicted octanol–water partition coefficient (Wildman–Crippen LogP) is 4.17. The lowest BCUT2D eigenvalue weighted by molar-refractivity contribution is -0.151. The summed E-state index contributed by atoms with van der Waals surface area (Å²) >= 11 is 0. The van der Waals surface area contributed by atoms with E-state index in [-0.39, 0.29) is 12.6 Å². The molecule has 164 valence electrons. The quantitative estimate of drug-likeness (QED) is 0.751. The first-order valence-electron chi connectivity index (χ1n) is 10.9. The van der Waals surface area contributed by atoms with E-state index in [4.69, 9.17) is 9.47 Å². The molecule has 0 spiro atoms. The van der Waals surface area contributed by atoms with Crippen molar-refractivity contribution in [2.45, 2.75) is 39.9 Å². The van der Waals surface area contributed by atoms with Gasteiger partial charge in [0.1, 0.15) is 12.4 Å². The van der Waals surface area contributed by atoms with Gasteiger partial charge in [-0.1, -0.05) is 35.9 Å². The second-order valence-electron chi connectivity index (χ2n) is 9.06. The predicted molar refractivity (Wildman–Crippen MR) is 121 cm³/mol. The number of hydrogen-bond acceptors (Lipinski definition) is 5. The molecule has 0 radical (unpaired) electrons. The molecular formula is C26H31NO4. The number of nitrogens with zero attached hydrogens (tertiary/aromatic N) is 1. The Labute approximate surface area is 184 Å². The number of fused-ring (bicyclic) bond motifs is 2. The van der Waals surface area contributed by atoms with Crippen LogP contribution in [-0.2, 0) is 22.7 Å². The lowest BCUT2D eigenvalue weighted by Crippen LogP contribution is -2.42. The fourth-order valence-electron chi connectivity index (χ4n) is 4.70. The number of piperidine rings is 1. The van der Waals surface area contributed by atoms with Gasteiger partial charge < -0.3 is 19.5 Å². The third-order valence-corrected chi connectivity index (χ3v) is 6.34. The Kier molecular flexibility index (Phi) is 6.17. The number of esters is 1. The summed E-state index contributed by atoms with van der Waals surface area (Å²) in [6, 6.07) is 14.4. The van der Waals surface area contributed by atoms with Crippen molar-refractivity contribution in [3.05, 3.63) is 70.3 Å². The summed E-state index contributed by atoms with van der Waals surface area (Å²) in [5.74, 6) is 0.696. The van der Waals surface area contributed by atoms with Crippen molar-refractivity contribution in [2.75, 3.05) is 26.7 Å². The van der Waals surface area contributed by atoms with Gasteiger partial charge in [-0.25, -0.2) is 0 Å². The third-order valence-electron chi connectivity index (χ3n) is 6.34. The molecule has 2 heterocycles. The second-order valence-corrected chi connectivity index (χ2v) is 9.06. The number of rotatable bonds is 4. The SMILES string of the molecule is COC(=O)C(C)(C)CN1CCC(=C2c3ccccc3COc3ccc(CO)cc32)CC1. The molecule has 0 unspecified atom stereocenters. The lowest BCUT2D eigenvalue weighted by atomic mass is 9.85. The molecule has 0 atom stereocenters. The monoisotopic (exact) mass is 421 g/mol. The Morgan fingerprint density at radius 3 is 2.58 bits per heavy atom. The highest BCUT2D eigenvalue weighted by Crippen LogP contribution is 2.41. The van der Waals surface area contributed by atoms with E-state index in [2.05, 4.69) is 35.2 Å². The van der Waals surface area contributed by atoms with E-state index < -0.39 is 5.41 Å². The van der Waals surface area contributed by atoms with Crippen LogP contribution in [0.4, 0.5) is 0 Å². The van der Waals surface area contributed by atoms with Crippen LogP contribution in [0.25, 0.3) is 5.57 Å². The molecule has 0 amide bonds. The van der Waals surface area contributed by atoms with Crippen molar-refractivity contribution in [1.82, 2.24) is 4.90 Å². The summed E-state index contributed by atoms with van der Waals surface area (Å²) in [4.78, 5) is 14.5. The summed E-state index contributed by atoms with van der Waals surface area (Å²) in [6.45, 7) is 6.92. The van der Waals surface area contributed by atoms with Crippen LogP contribution in [0.15, 0.2) is 48.0 Å². The van der Waals surface area contributed by atoms with Gasteiger partial charge in [0, 0.05) is 25.2 Å². The summed E-state index contributed by atoms with van der Waals surface area (Å²) in [5.41, 5.74) is 6.47. The minimum atomic E-state index is -0.523.